The van der Waals surface area contributed by atoms with Crippen LogP contribution in [-0.2, 0) is 13.6 Å². The average molecular weight is 378 g/mol. The third kappa shape index (κ3) is 5.89. The van der Waals surface area contributed by atoms with Crippen LogP contribution < -0.4 is 0 Å². The van der Waals surface area contributed by atoms with Crippen molar-refractivity contribution in [2.75, 3.05) is 0 Å². The Bertz CT molecular complexity index is 554. The molecule has 2 unspecified atom stereocenters. The second kappa shape index (κ2) is 9.62. The fourth-order valence-corrected chi connectivity index (χ4v) is 3.92. The lowest BCUT2D eigenvalue weighted by Gasteiger charge is -2.43. The predicted octanol–water partition coefficient (Wildman–Crippen LogP) is 6.18. The highest BCUT2D eigenvalue weighted by molar-refractivity contribution is 7.33. The molecule has 0 aromatic rings. The van der Waals surface area contributed by atoms with Gasteiger partial charge in [0.25, 0.3) is 0 Å². The fraction of sp³-hybridized carbons (Fsp3) is 0.636. The molecule has 0 radical (unpaired) electrons. The highest BCUT2D eigenvalue weighted by Crippen LogP contribution is 2.50. The van der Waals surface area contributed by atoms with E-state index in [1.807, 2.05) is 41.5 Å². The van der Waals surface area contributed by atoms with Crippen LogP contribution in [-0.4, -0.2) is 11.2 Å². The highest BCUT2D eigenvalue weighted by Gasteiger charge is 2.46. The Morgan fingerprint density at radius 2 is 1.15 bits per heavy atom. The highest BCUT2D eigenvalue weighted by atomic mass is 31.1. The van der Waals surface area contributed by atoms with Crippen molar-refractivity contribution in [2.45, 2.75) is 78.4 Å². The van der Waals surface area contributed by atoms with Crippen LogP contribution in [0.4, 0.5) is 0 Å². The van der Waals surface area contributed by atoms with Gasteiger partial charge in [0.1, 0.15) is 0 Å². The minimum Gasteiger partial charge on any atom is -0.303 e. The molecule has 0 N–H and O–H groups in total. The predicted molar refractivity (Wildman–Crippen MR) is 112 cm³/mol. The van der Waals surface area contributed by atoms with Crippen molar-refractivity contribution >= 4 is 8.25 Å². The van der Waals surface area contributed by atoms with Crippen molar-refractivity contribution in [3.8, 4) is 24.7 Å². The average Bonchev–Trinajstić information content (AvgIpc) is 2.57. The van der Waals surface area contributed by atoms with Gasteiger partial charge in [-0.2, -0.15) is 0 Å². The third-order valence-electron chi connectivity index (χ3n) is 5.63. The molecule has 146 valence electrons. The zero-order valence-electron chi connectivity index (χ0n) is 17.3. The van der Waals surface area contributed by atoms with Crippen LogP contribution in [0.5, 0.6) is 0 Å². The van der Waals surface area contributed by atoms with Crippen LogP contribution in [0.15, 0.2) is 25.3 Å². The SMILES string of the molecule is C#CC(C)(C)C(C)(CCC=C)O[PH](=O)OC(C)(CCC=C)C(C)(C)C#C. The van der Waals surface area contributed by atoms with E-state index in [0.717, 1.165) is 0 Å². The van der Waals surface area contributed by atoms with E-state index in [4.69, 9.17) is 21.9 Å². The molecule has 0 bridgehead atoms. The van der Waals surface area contributed by atoms with Crippen LogP contribution in [0.1, 0.15) is 67.2 Å². The number of hydrogen-bond acceptors (Lipinski definition) is 3. The Kier molecular flexibility index (Phi) is 9.16. The van der Waals surface area contributed by atoms with E-state index in [1.54, 1.807) is 12.2 Å². The molecular formula is C22H35O3P. The minimum atomic E-state index is -2.86. The summed E-state index contributed by atoms with van der Waals surface area (Å²) in [7, 11) is -2.86. The van der Waals surface area contributed by atoms with E-state index in [1.165, 1.54) is 0 Å². The summed E-state index contributed by atoms with van der Waals surface area (Å²) in [4.78, 5) is 0. The second-order valence-corrected chi connectivity index (χ2v) is 9.02. The lowest BCUT2D eigenvalue weighted by Crippen LogP contribution is -2.44. The molecule has 3 nitrogen and oxygen atoms in total. The van der Waals surface area contributed by atoms with Gasteiger partial charge in [-0.25, -0.2) is 0 Å². The molecule has 4 heteroatoms. The van der Waals surface area contributed by atoms with E-state index in [-0.39, 0.29) is 0 Å². The van der Waals surface area contributed by atoms with Crippen LogP contribution in [0.25, 0.3) is 0 Å². The van der Waals surface area contributed by atoms with Crippen molar-refractivity contribution in [2.24, 2.45) is 10.8 Å². The van der Waals surface area contributed by atoms with E-state index in [0.29, 0.717) is 25.7 Å². The first-order chi connectivity index (χ1) is 11.8. The normalized spacial score (nSPS) is 17.8. The van der Waals surface area contributed by atoms with Crippen LogP contribution >= 0.6 is 8.25 Å². The molecular weight excluding hydrogens is 343 g/mol. The topological polar surface area (TPSA) is 35.5 Å². The van der Waals surface area contributed by atoms with Gasteiger partial charge in [0.05, 0.1) is 22.0 Å². The van der Waals surface area contributed by atoms with Crippen LogP contribution in [0.2, 0.25) is 0 Å². The number of terminal acetylenes is 2. The van der Waals surface area contributed by atoms with Crippen molar-refractivity contribution < 1.29 is 13.6 Å². The van der Waals surface area contributed by atoms with Gasteiger partial charge in [-0.1, -0.05) is 24.0 Å². The molecule has 2 atom stereocenters. The molecule has 0 rings (SSSR count). The molecule has 0 amide bonds. The van der Waals surface area contributed by atoms with Crippen LogP contribution in [0, 0.1) is 35.5 Å². The maximum absolute atomic E-state index is 12.9. The van der Waals surface area contributed by atoms with Gasteiger partial charge >= 0.3 is 8.25 Å². The third-order valence-corrected chi connectivity index (χ3v) is 6.87. The monoisotopic (exact) mass is 378 g/mol. The number of rotatable bonds is 12. The maximum Gasteiger partial charge on any atom is 0.320 e. The molecule has 0 aromatic carbocycles. The lowest BCUT2D eigenvalue weighted by atomic mass is 9.74. The Morgan fingerprint density at radius 1 is 0.846 bits per heavy atom. The molecule has 0 heterocycles. The molecule has 0 aliphatic carbocycles. The smallest absolute Gasteiger partial charge is 0.303 e. The van der Waals surface area contributed by atoms with Crippen molar-refractivity contribution in [3.05, 3.63) is 25.3 Å². The molecule has 0 aliphatic rings. The molecule has 0 spiro atoms. The first kappa shape index (κ1) is 24.8. The number of hydrogen-bond donors (Lipinski definition) is 0. The maximum atomic E-state index is 12.9. The van der Waals surface area contributed by atoms with E-state index in [2.05, 4.69) is 25.0 Å². The Morgan fingerprint density at radius 3 is 1.38 bits per heavy atom. The largest absolute Gasteiger partial charge is 0.320 e. The summed E-state index contributed by atoms with van der Waals surface area (Å²) in [5, 5.41) is 0. The van der Waals surface area contributed by atoms with Gasteiger partial charge in [-0.05, 0) is 67.2 Å². The molecule has 0 saturated heterocycles. The molecule has 0 fully saturated rings. The first-order valence-corrected chi connectivity index (χ1v) is 10.2. The van der Waals surface area contributed by atoms with Crippen molar-refractivity contribution in [3.63, 3.8) is 0 Å². The van der Waals surface area contributed by atoms with Crippen LogP contribution in [0.3, 0.4) is 0 Å². The molecule has 0 aliphatic heterocycles. The Hall–Kier alpha value is -1.25. The van der Waals surface area contributed by atoms with E-state index >= 15 is 0 Å². The summed E-state index contributed by atoms with van der Waals surface area (Å²) in [6, 6.07) is 0. The minimum absolute atomic E-state index is 0.593. The van der Waals surface area contributed by atoms with Gasteiger partial charge < -0.3 is 9.05 Å². The Labute approximate surface area is 161 Å². The zero-order valence-corrected chi connectivity index (χ0v) is 18.3. The summed E-state index contributed by atoms with van der Waals surface area (Å²) in [5.41, 5.74) is -2.88. The van der Waals surface area contributed by atoms with Crippen molar-refractivity contribution in [1.82, 2.24) is 0 Å². The van der Waals surface area contributed by atoms with Gasteiger partial charge in [0, 0.05) is 0 Å². The summed E-state index contributed by atoms with van der Waals surface area (Å²) in [5.74, 6) is 5.50. The zero-order chi connectivity index (χ0) is 20.6. The Balaban J connectivity index is 5.60. The van der Waals surface area contributed by atoms with Gasteiger partial charge in [-0.15, -0.1) is 26.0 Å². The van der Waals surface area contributed by atoms with Gasteiger partial charge in [0.2, 0.25) is 0 Å². The molecule has 26 heavy (non-hydrogen) atoms. The summed E-state index contributed by atoms with van der Waals surface area (Å²) < 4.78 is 24.8. The lowest BCUT2D eigenvalue weighted by molar-refractivity contribution is -0.0492. The van der Waals surface area contributed by atoms with Gasteiger partial charge in [-0.3, -0.25) is 4.57 Å². The van der Waals surface area contributed by atoms with E-state index in [9.17, 15) is 4.57 Å². The van der Waals surface area contributed by atoms with Gasteiger partial charge in [0.15, 0.2) is 0 Å². The summed E-state index contributed by atoms with van der Waals surface area (Å²) in [6.45, 7) is 18.8. The van der Waals surface area contributed by atoms with Crippen molar-refractivity contribution in [1.29, 1.82) is 0 Å². The summed E-state index contributed by atoms with van der Waals surface area (Å²) >= 11 is 0. The quantitative estimate of drug-likeness (QED) is 0.231. The summed E-state index contributed by atoms with van der Waals surface area (Å²) in [6.07, 6.45) is 17.6. The second-order valence-electron chi connectivity index (χ2n) is 8.11. The first-order valence-electron chi connectivity index (χ1n) is 8.94. The molecule has 0 saturated carbocycles. The standard InChI is InChI=1S/C22H35O3P/c1-11-15-17-21(9,19(5,6)13-3)24-26(23)25-22(10,18-16-12-2)20(7,8)14-4/h3-4,11-12,26H,1-2,15-18H2,5-10H3. The number of allylic oxidation sites excluding steroid dienone is 2. The molecule has 0 aromatic heterocycles. The fourth-order valence-electron chi connectivity index (χ4n) is 2.43. The van der Waals surface area contributed by atoms with E-state index < -0.39 is 30.3 Å².